The van der Waals surface area contributed by atoms with Crippen molar-refractivity contribution < 1.29 is 23.3 Å². The van der Waals surface area contributed by atoms with E-state index in [9.17, 15) is 0 Å². The zero-order valence-electron chi connectivity index (χ0n) is 24.2. The van der Waals surface area contributed by atoms with Crippen LogP contribution in [0.5, 0.6) is 0 Å². The predicted octanol–water partition coefficient (Wildman–Crippen LogP) is 9.13. The summed E-state index contributed by atoms with van der Waals surface area (Å²) in [6.45, 7) is 21.3. The molecule has 2 heteroatoms. The average molecular weight is 572 g/mol. The molecule has 0 bridgehead atoms. The number of hydrogen-bond donors (Lipinski definition) is 0. The third-order valence-electron chi connectivity index (χ3n) is 8.16. The molecule has 3 aliphatic rings. The zero-order chi connectivity index (χ0) is 25.3. The predicted molar refractivity (Wildman–Crippen MR) is 155 cm³/mol. The summed E-state index contributed by atoms with van der Waals surface area (Å²) in [4.78, 5) is 0. The summed E-state index contributed by atoms with van der Waals surface area (Å²) < 4.78 is 0. The van der Waals surface area contributed by atoms with Crippen molar-refractivity contribution in [2.75, 3.05) is 0 Å². The molecule has 0 N–H and O–H groups in total. The van der Waals surface area contributed by atoms with Crippen LogP contribution in [-0.2, 0) is 34.2 Å². The van der Waals surface area contributed by atoms with Crippen molar-refractivity contribution in [3.05, 3.63) is 120 Å². The van der Waals surface area contributed by atoms with E-state index in [1.54, 1.807) is 5.56 Å². The van der Waals surface area contributed by atoms with E-state index in [0.29, 0.717) is 11.8 Å². The third-order valence-corrected chi connectivity index (χ3v) is 8.16. The number of benzene rings is 2. The molecule has 192 valence electrons. The third kappa shape index (κ3) is 6.60. The van der Waals surface area contributed by atoms with E-state index in [0.717, 1.165) is 0 Å². The summed E-state index contributed by atoms with van der Waals surface area (Å²) in [5, 5.41) is 0. The molecule has 2 radical (unpaired) electrons. The van der Waals surface area contributed by atoms with Crippen LogP contribution >= 0.6 is 0 Å². The number of allylic oxidation sites excluding steroid dienone is 5. The normalized spacial score (nSPS) is 21.8. The van der Waals surface area contributed by atoms with Crippen LogP contribution in [0.15, 0.2) is 65.3 Å². The van der Waals surface area contributed by atoms with Crippen molar-refractivity contribution in [1.82, 2.24) is 0 Å². The first-order valence-electron chi connectivity index (χ1n) is 12.4. The average Bonchev–Trinajstić information content (AvgIpc) is 3.34. The quantitative estimate of drug-likeness (QED) is 0.236. The van der Waals surface area contributed by atoms with Crippen molar-refractivity contribution in [1.29, 1.82) is 0 Å². The fourth-order valence-corrected chi connectivity index (χ4v) is 5.37. The van der Waals surface area contributed by atoms with E-state index in [1.807, 2.05) is 0 Å². The Kier molecular flexibility index (Phi) is 11.9. The van der Waals surface area contributed by atoms with Gasteiger partial charge in [-0.3, -0.25) is 6.08 Å². The molecule has 0 spiro atoms. The zero-order valence-corrected chi connectivity index (χ0v) is 27.6. The van der Waals surface area contributed by atoms with Gasteiger partial charge in [-0.1, -0.05) is 95.8 Å². The second kappa shape index (κ2) is 13.0. The fraction of sp³-hybridized carbons (Fsp3) is 0.412. The van der Waals surface area contributed by atoms with Crippen LogP contribution in [-0.4, -0.2) is 6.88 Å². The second-order valence-electron chi connectivity index (χ2n) is 11.3. The van der Waals surface area contributed by atoms with E-state index in [4.69, 9.17) is 0 Å². The molecule has 0 heterocycles. The Morgan fingerprint density at radius 3 is 1.83 bits per heavy atom. The van der Waals surface area contributed by atoms with Gasteiger partial charge in [0, 0.05) is 0 Å². The van der Waals surface area contributed by atoms with Gasteiger partial charge in [0.15, 0.2) is 0 Å². The molecular formula is C34H44SiZr-4. The Morgan fingerprint density at radius 2 is 1.39 bits per heavy atom. The molecule has 2 aromatic carbocycles. The van der Waals surface area contributed by atoms with Crippen LogP contribution in [0, 0.1) is 32.9 Å². The maximum absolute atomic E-state index is 3.54. The van der Waals surface area contributed by atoms with E-state index in [-0.39, 0.29) is 25.7 Å². The SMILES string of the molecule is CC1(C)CCC(C)(C)c2cc3c(cc21)[C-]=CC3c1ccccc1.CC1=[C-]C(C)C(C)=C1C.[CH3-].[CH3-].[Si]=[Zr]. The molecule has 36 heavy (non-hydrogen) atoms. The first-order chi connectivity index (χ1) is 16.0. The summed E-state index contributed by atoms with van der Waals surface area (Å²) in [6.07, 6.45) is 11.7. The Hall–Kier alpha value is -1.24. The van der Waals surface area contributed by atoms with Crippen molar-refractivity contribution >= 4 is 6.88 Å². The van der Waals surface area contributed by atoms with E-state index in [2.05, 4.69) is 123 Å². The van der Waals surface area contributed by atoms with Gasteiger partial charge in [-0.2, -0.15) is 28.9 Å². The van der Waals surface area contributed by atoms with Crippen LogP contribution in [0.4, 0.5) is 0 Å². The van der Waals surface area contributed by atoms with Gasteiger partial charge in [0.2, 0.25) is 0 Å². The minimum absolute atomic E-state index is 0. The summed E-state index contributed by atoms with van der Waals surface area (Å²) in [5.41, 5.74) is 12.0. The van der Waals surface area contributed by atoms with E-state index >= 15 is 0 Å². The molecule has 0 nitrogen and oxygen atoms in total. The molecule has 2 atom stereocenters. The van der Waals surface area contributed by atoms with Crippen LogP contribution in [0.3, 0.4) is 0 Å². The van der Waals surface area contributed by atoms with Crippen molar-refractivity contribution in [3.8, 4) is 0 Å². The van der Waals surface area contributed by atoms with Gasteiger partial charge < -0.3 is 14.9 Å². The summed E-state index contributed by atoms with van der Waals surface area (Å²) >= 11 is 1.36. The van der Waals surface area contributed by atoms with Crippen LogP contribution in [0.1, 0.15) is 102 Å². The van der Waals surface area contributed by atoms with Gasteiger partial charge in [0.05, 0.1) is 0 Å². The number of fused-ring (bicyclic) bond motifs is 2. The molecule has 2 unspecified atom stereocenters. The van der Waals surface area contributed by atoms with Gasteiger partial charge >= 0.3 is 30.2 Å². The molecule has 0 aliphatic heterocycles. The van der Waals surface area contributed by atoms with Gasteiger partial charge in [0.25, 0.3) is 0 Å². The first-order valence-corrected chi connectivity index (χ1v) is 16.6. The molecule has 5 rings (SSSR count). The van der Waals surface area contributed by atoms with Crippen molar-refractivity contribution in [2.24, 2.45) is 5.92 Å². The first kappa shape index (κ1) is 32.8. The van der Waals surface area contributed by atoms with Crippen molar-refractivity contribution in [2.45, 2.75) is 85.0 Å². The Labute approximate surface area is 240 Å². The van der Waals surface area contributed by atoms with Crippen LogP contribution < -0.4 is 0 Å². The van der Waals surface area contributed by atoms with E-state index in [1.165, 1.54) is 75.2 Å². The topological polar surface area (TPSA) is 0 Å². The van der Waals surface area contributed by atoms with Gasteiger partial charge in [-0.25, -0.2) is 5.57 Å². The summed E-state index contributed by atoms with van der Waals surface area (Å²) in [5.74, 6) is 0.919. The van der Waals surface area contributed by atoms with Crippen LogP contribution in [0.2, 0.25) is 0 Å². The fourth-order valence-electron chi connectivity index (χ4n) is 5.37. The number of rotatable bonds is 1. The maximum atomic E-state index is 3.54. The molecule has 0 fully saturated rings. The molecule has 0 saturated carbocycles. The monoisotopic (exact) mass is 570 g/mol. The Morgan fingerprint density at radius 1 is 0.861 bits per heavy atom. The molecule has 0 amide bonds. The summed E-state index contributed by atoms with van der Waals surface area (Å²) in [7, 11) is 0. The second-order valence-corrected chi connectivity index (χ2v) is 11.3. The molecule has 2 aromatic rings. The Balaban J connectivity index is 0.000000425. The molecular weight excluding hydrogens is 528 g/mol. The summed E-state index contributed by atoms with van der Waals surface area (Å²) in [6, 6.07) is 15.7. The minimum atomic E-state index is 0. The van der Waals surface area contributed by atoms with Gasteiger partial charge in [-0.05, 0) is 35.2 Å². The van der Waals surface area contributed by atoms with Gasteiger partial charge in [0.1, 0.15) is 0 Å². The van der Waals surface area contributed by atoms with Crippen molar-refractivity contribution in [3.63, 3.8) is 0 Å². The van der Waals surface area contributed by atoms with Crippen LogP contribution in [0.25, 0.3) is 0 Å². The molecule has 0 aromatic heterocycles. The Bertz CT molecular complexity index is 1130. The van der Waals surface area contributed by atoms with Gasteiger partial charge in [-0.15, -0.1) is 24.6 Å². The number of hydrogen-bond acceptors (Lipinski definition) is 0. The standard InChI is InChI=1S/C23H25.C9H13.2CH3.Si.Zr/c1-22(2)12-13-23(3,4)21-15-19-17(14-20(21)22)10-11-18(19)16-8-6-5-7-9-16;1-6-5-7(2)9(4)8(6)3;;;;/h5-9,11,14-15,18H,12-13H2,1-4H3;6H,1-4H3;2*1H3;;/q4*-1;;. The molecule has 0 saturated heterocycles. The van der Waals surface area contributed by atoms with E-state index < -0.39 is 0 Å². The molecule has 3 aliphatic carbocycles.